The molecular weight excluding hydrogens is 739 g/mol. The van der Waals surface area contributed by atoms with E-state index in [2.05, 4.69) is 43.5 Å². The third kappa shape index (κ3) is 46.1. The number of allylic oxidation sites excluding steroid dienone is 5. The summed E-state index contributed by atoms with van der Waals surface area (Å²) in [4.78, 5) is 12.5. The Morgan fingerprint density at radius 1 is 0.417 bits per heavy atom. The molecule has 0 heterocycles. The number of nitrogens with one attached hydrogen (secondary N) is 1. The molecule has 0 aliphatic carbocycles. The Hall–Kier alpha value is -1.43. The lowest BCUT2D eigenvalue weighted by atomic mass is 10.0. The Morgan fingerprint density at radius 2 is 0.717 bits per heavy atom. The molecule has 0 rings (SSSR count). The van der Waals surface area contributed by atoms with Crippen molar-refractivity contribution in [2.75, 3.05) is 6.61 Å². The lowest BCUT2D eigenvalue weighted by Crippen LogP contribution is -2.45. The van der Waals surface area contributed by atoms with Crippen LogP contribution in [0.3, 0.4) is 0 Å². The highest BCUT2D eigenvalue weighted by atomic mass is 16.3. The number of hydrogen-bond acceptors (Lipinski definition) is 4. The van der Waals surface area contributed by atoms with Gasteiger partial charge in [-0.15, -0.1) is 0 Å². The van der Waals surface area contributed by atoms with E-state index in [0.717, 1.165) is 38.5 Å². The van der Waals surface area contributed by atoms with Crippen molar-refractivity contribution in [2.24, 2.45) is 0 Å². The molecule has 0 saturated carbocycles. The SMILES string of the molecule is CCCCCCCCCCC/C=C/CC/C=C/CC/C=C/C(O)C(CO)NC(=O)CC(O)CCCCCCCCCCCCCCCCCCCCCCCCCCCC. The van der Waals surface area contributed by atoms with Gasteiger partial charge in [-0.3, -0.25) is 4.79 Å². The van der Waals surface area contributed by atoms with Crippen LogP contribution >= 0.6 is 0 Å². The molecule has 60 heavy (non-hydrogen) atoms. The molecule has 0 aliphatic heterocycles. The fourth-order valence-corrected chi connectivity index (χ4v) is 8.32. The van der Waals surface area contributed by atoms with E-state index in [-0.39, 0.29) is 18.9 Å². The van der Waals surface area contributed by atoms with Crippen LogP contribution in [0.15, 0.2) is 36.5 Å². The average Bonchev–Trinajstić information content (AvgIpc) is 3.24. The minimum absolute atomic E-state index is 0.00557. The van der Waals surface area contributed by atoms with Crippen molar-refractivity contribution in [1.29, 1.82) is 0 Å². The van der Waals surface area contributed by atoms with Gasteiger partial charge in [-0.25, -0.2) is 0 Å². The van der Waals surface area contributed by atoms with E-state index >= 15 is 0 Å². The van der Waals surface area contributed by atoms with Crippen molar-refractivity contribution >= 4 is 5.91 Å². The van der Waals surface area contributed by atoms with Gasteiger partial charge < -0.3 is 20.6 Å². The zero-order valence-corrected chi connectivity index (χ0v) is 40.4. The molecule has 0 radical (unpaired) electrons. The lowest BCUT2D eigenvalue weighted by Gasteiger charge is -2.21. The maximum absolute atomic E-state index is 12.5. The van der Waals surface area contributed by atoms with Gasteiger partial charge in [0.1, 0.15) is 0 Å². The molecule has 0 spiro atoms. The molecule has 354 valence electrons. The van der Waals surface area contributed by atoms with Crippen molar-refractivity contribution in [2.45, 2.75) is 302 Å². The quantitative estimate of drug-likeness (QED) is 0.0363. The molecule has 0 fully saturated rings. The summed E-state index contributed by atoms with van der Waals surface area (Å²) in [7, 11) is 0. The summed E-state index contributed by atoms with van der Waals surface area (Å²) in [5.74, 6) is -0.325. The predicted octanol–water partition coefficient (Wildman–Crippen LogP) is 16.3. The van der Waals surface area contributed by atoms with Crippen molar-refractivity contribution in [3.8, 4) is 0 Å². The van der Waals surface area contributed by atoms with Gasteiger partial charge in [0.2, 0.25) is 5.91 Å². The zero-order chi connectivity index (χ0) is 43.7. The molecule has 0 bridgehead atoms. The number of aliphatic hydroxyl groups is 3. The van der Waals surface area contributed by atoms with Gasteiger partial charge in [0, 0.05) is 0 Å². The number of hydrogen-bond donors (Lipinski definition) is 4. The highest BCUT2D eigenvalue weighted by molar-refractivity contribution is 5.76. The molecule has 0 aromatic heterocycles. The van der Waals surface area contributed by atoms with Crippen molar-refractivity contribution in [3.63, 3.8) is 0 Å². The Balaban J connectivity index is 3.60. The largest absolute Gasteiger partial charge is 0.394 e. The summed E-state index contributed by atoms with van der Waals surface area (Å²) >= 11 is 0. The molecule has 4 N–H and O–H groups in total. The van der Waals surface area contributed by atoms with Crippen molar-refractivity contribution < 1.29 is 20.1 Å². The first-order valence-corrected chi connectivity index (χ1v) is 26.8. The topological polar surface area (TPSA) is 89.8 Å². The van der Waals surface area contributed by atoms with Gasteiger partial charge in [0.25, 0.3) is 0 Å². The van der Waals surface area contributed by atoms with Crippen LogP contribution < -0.4 is 5.32 Å². The Labute approximate surface area is 374 Å². The molecule has 3 atom stereocenters. The Morgan fingerprint density at radius 3 is 1.07 bits per heavy atom. The maximum atomic E-state index is 12.5. The zero-order valence-electron chi connectivity index (χ0n) is 40.4. The van der Waals surface area contributed by atoms with Gasteiger partial charge in [-0.1, -0.05) is 269 Å². The number of amides is 1. The summed E-state index contributed by atoms with van der Waals surface area (Å²) in [5, 5.41) is 33.4. The van der Waals surface area contributed by atoms with Crippen LogP contribution in [0.4, 0.5) is 0 Å². The molecule has 3 unspecified atom stereocenters. The van der Waals surface area contributed by atoms with E-state index in [1.54, 1.807) is 6.08 Å². The molecule has 5 heteroatoms. The predicted molar refractivity (Wildman–Crippen MR) is 264 cm³/mol. The molecule has 0 aromatic carbocycles. The molecule has 0 aromatic rings. The lowest BCUT2D eigenvalue weighted by molar-refractivity contribution is -0.124. The van der Waals surface area contributed by atoms with Crippen LogP contribution in [-0.4, -0.2) is 46.1 Å². The fourth-order valence-electron chi connectivity index (χ4n) is 8.32. The van der Waals surface area contributed by atoms with Crippen LogP contribution in [0, 0.1) is 0 Å². The van der Waals surface area contributed by atoms with Gasteiger partial charge >= 0.3 is 0 Å². The summed E-state index contributed by atoms with van der Waals surface area (Å²) in [6.45, 7) is 4.22. The summed E-state index contributed by atoms with van der Waals surface area (Å²) in [6, 6.07) is -0.766. The van der Waals surface area contributed by atoms with Crippen LogP contribution in [0.25, 0.3) is 0 Å². The van der Waals surface area contributed by atoms with Crippen LogP contribution in [0.5, 0.6) is 0 Å². The highest BCUT2D eigenvalue weighted by Crippen LogP contribution is 2.17. The van der Waals surface area contributed by atoms with E-state index < -0.39 is 18.2 Å². The van der Waals surface area contributed by atoms with Gasteiger partial charge in [0.05, 0.1) is 31.3 Å². The molecule has 1 amide bonds. The summed E-state index contributed by atoms with van der Waals surface area (Å²) in [6.07, 6.45) is 64.7. The third-order valence-corrected chi connectivity index (χ3v) is 12.4. The number of unbranched alkanes of at least 4 members (excludes halogenated alkanes) is 36. The standard InChI is InChI=1S/C55H105NO4/c1-3-5-7-9-11-13-15-17-19-21-23-24-25-26-27-28-29-31-32-34-36-38-40-42-44-46-48-52(58)50-55(60)56-53(51-57)54(59)49-47-45-43-41-39-37-35-33-30-22-20-18-16-14-12-10-8-6-4-2/h30,33,39,41,47,49,52-54,57-59H,3-29,31-32,34-38,40,42-46,48,50-51H2,1-2H3,(H,56,60)/b33-30+,41-39+,49-47+. The third-order valence-electron chi connectivity index (χ3n) is 12.4. The van der Waals surface area contributed by atoms with Gasteiger partial charge in [-0.2, -0.15) is 0 Å². The summed E-state index contributed by atoms with van der Waals surface area (Å²) in [5.41, 5.74) is 0. The van der Waals surface area contributed by atoms with E-state index in [0.29, 0.717) is 6.42 Å². The average molecular weight is 844 g/mol. The first-order valence-electron chi connectivity index (χ1n) is 26.8. The second kappa shape index (κ2) is 50.2. The van der Waals surface area contributed by atoms with Crippen molar-refractivity contribution in [1.82, 2.24) is 5.32 Å². The maximum Gasteiger partial charge on any atom is 0.222 e. The normalized spacial score (nSPS) is 13.6. The monoisotopic (exact) mass is 844 g/mol. The van der Waals surface area contributed by atoms with E-state index in [4.69, 9.17) is 0 Å². The minimum Gasteiger partial charge on any atom is -0.394 e. The van der Waals surface area contributed by atoms with E-state index in [9.17, 15) is 20.1 Å². The van der Waals surface area contributed by atoms with Gasteiger partial charge in [0.15, 0.2) is 0 Å². The van der Waals surface area contributed by atoms with Crippen LogP contribution in [0.1, 0.15) is 284 Å². The molecule has 5 nitrogen and oxygen atoms in total. The highest BCUT2D eigenvalue weighted by Gasteiger charge is 2.20. The smallest absolute Gasteiger partial charge is 0.222 e. The first kappa shape index (κ1) is 58.6. The van der Waals surface area contributed by atoms with Gasteiger partial charge in [-0.05, 0) is 44.9 Å². The second-order valence-corrected chi connectivity index (χ2v) is 18.5. The number of carbonyl (C=O) groups is 1. The van der Waals surface area contributed by atoms with Crippen LogP contribution in [-0.2, 0) is 4.79 Å². The van der Waals surface area contributed by atoms with E-state index in [1.807, 2.05) is 6.08 Å². The fraction of sp³-hybridized carbons (Fsp3) is 0.873. The van der Waals surface area contributed by atoms with Crippen LogP contribution in [0.2, 0.25) is 0 Å². The second-order valence-electron chi connectivity index (χ2n) is 18.5. The Kier molecular flexibility index (Phi) is 49.0. The molecule has 0 aliphatic rings. The summed E-state index contributed by atoms with van der Waals surface area (Å²) < 4.78 is 0. The van der Waals surface area contributed by atoms with Crippen molar-refractivity contribution in [3.05, 3.63) is 36.5 Å². The number of rotatable bonds is 49. The molecular formula is C55H105NO4. The number of aliphatic hydroxyl groups excluding tert-OH is 3. The minimum atomic E-state index is -0.959. The Bertz CT molecular complexity index is 931. The van der Waals surface area contributed by atoms with E-state index in [1.165, 1.54) is 218 Å². The first-order chi connectivity index (χ1) is 29.5. The number of carbonyl (C=O) groups excluding carboxylic acids is 1. The molecule has 0 saturated heterocycles.